The molecule has 0 saturated heterocycles. The lowest BCUT2D eigenvalue weighted by Crippen LogP contribution is -2.50. The van der Waals surface area contributed by atoms with E-state index in [0.29, 0.717) is 0 Å². The Morgan fingerprint density at radius 2 is 1.71 bits per heavy atom. The molecule has 1 aromatic rings. The third kappa shape index (κ3) is 2.75. The Balaban J connectivity index is 3.08. The first-order chi connectivity index (χ1) is 7.95. The number of benzene rings is 1. The van der Waals surface area contributed by atoms with Gasteiger partial charge < -0.3 is 0 Å². The summed E-state index contributed by atoms with van der Waals surface area (Å²) in [5, 5.41) is 0. The number of carbonyl (C=O) groups excluding carboxylic acids is 1. The van der Waals surface area contributed by atoms with Crippen LogP contribution in [-0.2, 0) is 0 Å². The van der Waals surface area contributed by atoms with Crippen molar-refractivity contribution < 1.29 is 4.79 Å². The number of carbonyl (C=O) groups is 1. The minimum absolute atomic E-state index is 0.208. The van der Waals surface area contributed by atoms with E-state index < -0.39 is 5.54 Å². The number of rotatable bonds is 5. The number of nitrogens with zero attached hydrogens (tertiary/aromatic N) is 1. The lowest BCUT2D eigenvalue weighted by molar-refractivity contribution is 0.0668. The summed E-state index contributed by atoms with van der Waals surface area (Å²) in [6.45, 7) is 12.0. The third-order valence-corrected chi connectivity index (χ3v) is 3.50. The van der Waals surface area contributed by atoms with E-state index in [1.54, 1.807) is 0 Å². The fourth-order valence-corrected chi connectivity index (χ4v) is 2.32. The maximum Gasteiger partial charge on any atom is 0.182 e. The quantitative estimate of drug-likeness (QED) is 0.727. The Labute approximate surface area is 105 Å². The van der Waals surface area contributed by atoms with E-state index in [9.17, 15) is 4.79 Å². The molecule has 0 amide bonds. The molecule has 0 aliphatic rings. The van der Waals surface area contributed by atoms with Gasteiger partial charge in [-0.3, -0.25) is 9.69 Å². The van der Waals surface area contributed by atoms with Gasteiger partial charge >= 0.3 is 0 Å². The summed E-state index contributed by atoms with van der Waals surface area (Å²) in [5.74, 6) is 0.208. The summed E-state index contributed by atoms with van der Waals surface area (Å²) in [7, 11) is 0. The first-order valence-electron chi connectivity index (χ1n) is 6.30. The maximum absolute atomic E-state index is 12.6. The van der Waals surface area contributed by atoms with Gasteiger partial charge in [-0.15, -0.1) is 0 Å². The van der Waals surface area contributed by atoms with Crippen molar-refractivity contribution in [1.29, 1.82) is 0 Å². The number of Topliss-reactive ketones (excluding diaryl/α,β-unsaturated/α-hetero) is 1. The zero-order valence-electron chi connectivity index (χ0n) is 11.6. The van der Waals surface area contributed by atoms with Crippen LogP contribution in [0.2, 0.25) is 0 Å². The molecule has 2 heteroatoms. The molecule has 0 fully saturated rings. The van der Waals surface area contributed by atoms with E-state index in [-0.39, 0.29) is 5.78 Å². The third-order valence-electron chi connectivity index (χ3n) is 3.50. The molecular weight excluding hydrogens is 210 g/mol. The molecule has 1 rings (SSSR count). The molecule has 2 nitrogen and oxygen atoms in total. The van der Waals surface area contributed by atoms with E-state index in [1.165, 1.54) is 0 Å². The summed E-state index contributed by atoms with van der Waals surface area (Å²) in [5.41, 5.74) is 1.46. The van der Waals surface area contributed by atoms with Gasteiger partial charge in [-0.05, 0) is 39.4 Å². The molecule has 0 unspecified atom stereocenters. The Morgan fingerprint density at radius 3 is 2.18 bits per heavy atom. The Morgan fingerprint density at radius 1 is 1.18 bits per heavy atom. The van der Waals surface area contributed by atoms with Gasteiger partial charge in [0.25, 0.3) is 0 Å². The van der Waals surface area contributed by atoms with Crippen LogP contribution < -0.4 is 0 Å². The standard InChI is InChI=1S/C15H23NO/c1-6-16(7-2)15(4,5)14(17)13-11-9-8-10-12(13)3/h8-11H,6-7H2,1-5H3. The first-order valence-corrected chi connectivity index (χ1v) is 6.30. The van der Waals surface area contributed by atoms with Crippen LogP contribution >= 0.6 is 0 Å². The molecule has 0 spiro atoms. The monoisotopic (exact) mass is 233 g/mol. The molecule has 17 heavy (non-hydrogen) atoms. The maximum atomic E-state index is 12.6. The van der Waals surface area contributed by atoms with Crippen LogP contribution in [0.1, 0.15) is 43.6 Å². The minimum Gasteiger partial charge on any atom is -0.292 e. The molecule has 0 bridgehead atoms. The summed E-state index contributed by atoms with van der Waals surface area (Å²) < 4.78 is 0. The van der Waals surface area contributed by atoms with Crippen LogP contribution in [0.4, 0.5) is 0 Å². The van der Waals surface area contributed by atoms with Gasteiger partial charge in [-0.1, -0.05) is 38.1 Å². The second-order valence-electron chi connectivity index (χ2n) is 4.88. The number of hydrogen-bond donors (Lipinski definition) is 0. The van der Waals surface area contributed by atoms with Crippen LogP contribution in [-0.4, -0.2) is 29.3 Å². The molecule has 0 heterocycles. The van der Waals surface area contributed by atoms with Gasteiger partial charge in [0.05, 0.1) is 5.54 Å². The van der Waals surface area contributed by atoms with E-state index in [2.05, 4.69) is 18.7 Å². The highest BCUT2D eigenvalue weighted by Gasteiger charge is 2.33. The Bertz CT molecular complexity index is 392. The van der Waals surface area contributed by atoms with Gasteiger partial charge in [-0.25, -0.2) is 0 Å². The SMILES string of the molecule is CCN(CC)C(C)(C)C(=O)c1ccccc1C. The predicted molar refractivity (Wildman–Crippen MR) is 72.5 cm³/mol. The van der Waals surface area contributed by atoms with E-state index >= 15 is 0 Å². The minimum atomic E-state index is -0.435. The van der Waals surface area contributed by atoms with Crippen molar-refractivity contribution in [1.82, 2.24) is 4.90 Å². The number of aryl methyl sites for hydroxylation is 1. The van der Waals surface area contributed by atoms with Crippen molar-refractivity contribution in [3.8, 4) is 0 Å². The fourth-order valence-electron chi connectivity index (χ4n) is 2.32. The number of likely N-dealkylation sites (N-methyl/N-ethyl adjacent to an activating group) is 1. The average Bonchev–Trinajstić information content (AvgIpc) is 2.30. The van der Waals surface area contributed by atoms with Crippen molar-refractivity contribution in [2.75, 3.05) is 13.1 Å². The molecule has 94 valence electrons. The van der Waals surface area contributed by atoms with Crippen molar-refractivity contribution in [2.45, 2.75) is 40.2 Å². The Hall–Kier alpha value is -1.15. The first kappa shape index (κ1) is 13.9. The van der Waals surface area contributed by atoms with Crippen LogP contribution in [0.25, 0.3) is 0 Å². The molecule has 0 aliphatic heterocycles. The number of hydrogen-bond acceptors (Lipinski definition) is 2. The molecular formula is C15H23NO. The molecule has 0 aromatic heterocycles. The molecule has 0 saturated carbocycles. The van der Waals surface area contributed by atoms with Crippen LogP contribution in [0.15, 0.2) is 24.3 Å². The summed E-state index contributed by atoms with van der Waals surface area (Å²) in [6.07, 6.45) is 0. The zero-order chi connectivity index (χ0) is 13.1. The summed E-state index contributed by atoms with van der Waals surface area (Å²) >= 11 is 0. The van der Waals surface area contributed by atoms with Crippen LogP contribution in [0.3, 0.4) is 0 Å². The fraction of sp³-hybridized carbons (Fsp3) is 0.533. The molecule has 1 aromatic carbocycles. The second-order valence-corrected chi connectivity index (χ2v) is 4.88. The zero-order valence-corrected chi connectivity index (χ0v) is 11.6. The number of ketones is 1. The van der Waals surface area contributed by atoms with Gasteiger partial charge in [0.1, 0.15) is 0 Å². The van der Waals surface area contributed by atoms with E-state index in [1.807, 2.05) is 45.0 Å². The summed E-state index contributed by atoms with van der Waals surface area (Å²) in [6, 6.07) is 7.81. The lowest BCUT2D eigenvalue weighted by atomic mass is 9.89. The molecule has 0 aliphatic carbocycles. The van der Waals surface area contributed by atoms with Crippen molar-refractivity contribution in [2.24, 2.45) is 0 Å². The molecule has 0 radical (unpaired) electrons. The van der Waals surface area contributed by atoms with Gasteiger partial charge in [0.2, 0.25) is 0 Å². The van der Waals surface area contributed by atoms with Gasteiger partial charge in [0.15, 0.2) is 5.78 Å². The second kappa shape index (κ2) is 5.46. The average molecular weight is 233 g/mol. The topological polar surface area (TPSA) is 20.3 Å². The highest BCUT2D eigenvalue weighted by atomic mass is 16.1. The molecule has 0 N–H and O–H groups in total. The van der Waals surface area contributed by atoms with Crippen molar-refractivity contribution in [3.05, 3.63) is 35.4 Å². The lowest BCUT2D eigenvalue weighted by Gasteiger charge is -2.36. The predicted octanol–water partition coefficient (Wildman–Crippen LogP) is 3.30. The van der Waals surface area contributed by atoms with Crippen LogP contribution in [0.5, 0.6) is 0 Å². The molecule has 0 atom stereocenters. The van der Waals surface area contributed by atoms with Crippen molar-refractivity contribution in [3.63, 3.8) is 0 Å². The van der Waals surface area contributed by atoms with E-state index in [0.717, 1.165) is 24.2 Å². The largest absolute Gasteiger partial charge is 0.292 e. The highest BCUT2D eigenvalue weighted by molar-refractivity contribution is 6.03. The van der Waals surface area contributed by atoms with Crippen molar-refractivity contribution >= 4 is 5.78 Å². The summed E-state index contributed by atoms with van der Waals surface area (Å²) in [4.78, 5) is 14.8. The van der Waals surface area contributed by atoms with Gasteiger partial charge in [-0.2, -0.15) is 0 Å². The highest BCUT2D eigenvalue weighted by Crippen LogP contribution is 2.22. The smallest absolute Gasteiger partial charge is 0.182 e. The van der Waals surface area contributed by atoms with Gasteiger partial charge in [0, 0.05) is 5.56 Å². The van der Waals surface area contributed by atoms with Crippen LogP contribution in [0, 0.1) is 6.92 Å². The Kier molecular flexibility index (Phi) is 4.47. The van der Waals surface area contributed by atoms with E-state index in [4.69, 9.17) is 0 Å². The normalized spacial score (nSPS) is 11.9.